The number of nitrogens with one attached hydrogen (secondary N) is 1. The number of halogens is 3. The van der Waals surface area contributed by atoms with Gasteiger partial charge in [-0.2, -0.15) is 4.31 Å². The number of rotatable bonds is 5. The molecule has 0 spiro atoms. The summed E-state index contributed by atoms with van der Waals surface area (Å²) in [5, 5.41) is 3.24. The molecular weight excluding hydrogens is 395 g/mol. The molecule has 1 N–H and O–H groups in total. The van der Waals surface area contributed by atoms with Crippen LogP contribution in [-0.4, -0.2) is 38.4 Å². The Kier molecular flexibility index (Phi) is 7.74. The number of hydrogen-bond acceptors (Lipinski definition) is 3. The highest BCUT2D eigenvalue weighted by Crippen LogP contribution is 2.26. The average Bonchev–Trinajstić information content (AvgIpc) is 2.48. The highest BCUT2D eigenvalue weighted by Gasteiger charge is 2.31. The molecule has 22 heavy (non-hydrogen) atoms. The third-order valence-corrected chi connectivity index (χ3v) is 6.21. The quantitative estimate of drug-likeness (QED) is 0.803. The van der Waals surface area contributed by atoms with Gasteiger partial charge in [-0.15, -0.1) is 12.4 Å². The van der Waals surface area contributed by atoms with E-state index in [2.05, 4.69) is 21.2 Å². The van der Waals surface area contributed by atoms with E-state index in [0.717, 1.165) is 32.4 Å². The van der Waals surface area contributed by atoms with Crippen molar-refractivity contribution < 1.29 is 12.8 Å². The van der Waals surface area contributed by atoms with Crippen molar-refractivity contribution in [1.29, 1.82) is 0 Å². The van der Waals surface area contributed by atoms with Crippen molar-refractivity contribution in [2.45, 2.75) is 37.1 Å². The van der Waals surface area contributed by atoms with Crippen LogP contribution in [0.15, 0.2) is 27.6 Å². The van der Waals surface area contributed by atoms with Crippen LogP contribution in [0.4, 0.5) is 4.39 Å². The minimum absolute atomic E-state index is 0. The summed E-state index contributed by atoms with van der Waals surface area (Å²) in [7, 11) is -3.59. The molecule has 0 bridgehead atoms. The monoisotopic (exact) mass is 414 g/mol. The highest BCUT2D eigenvalue weighted by atomic mass is 79.9. The molecule has 0 amide bonds. The van der Waals surface area contributed by atoms with E-state index in [4.69, 9.17) is 0 Å². The molecule has 1 aromatic rings. The lowest BCUT2D eigenvalue weighted by atomic mass is 10.1. The number of piperidine rings is 1. The molecule has 1 aliphatic heterocycles. The lowest BCUT2D eigenvalue weighted by Crippen LogP contribution is -2.46. The van der Waals surface area contributed by atoms with Gasteiger partial charge in [0.1, 0.15) is 5.82 Å². The first kappa shape index (κ1) is 19.8. The zero-order valence-corrected chi connectivity index (χ0v) is 15.6. The molecular formula is C14H21BrClFN2O2S. The van der Waals surface area contributed by atoms with E-state index in [9.17, 15) is 12.8 Å². The van der Waals surface area contributed by atoms with E-state index in [1.165, 1.54) is 18.2 Å². The topological polar surface area (TPSA) is 49.4 Å². The molecule has 1 aromatic carbocycles. The van der Waals surface area contributed by atoms with Gasteiger partial charge in [-0.1, -0.05) is 6.92 Å². The number of benzene rings is 1. The van der Waals surface area contributed by atoms with Crippen LogP contribution in [0.2, 0.25) is 0 Å². The van der Waals surface area contributed by atoms with Crippen molar-refractivity contribution in [2.24, 2.45) is 0 Å². The summed E-state index contributed by atoms with van der Waals surface area (Å²) in [6, 6.07) is 3.87. The summed E-state index contributed by atoms with van der Waals surface area (Å²) < 4.78 is 40.8. The standard InChI is InChI=1S/C14H20BrFN2O2S.ClH/c1-2-9-18(11-5-7-17-8-6-11)21(19,20)12-3-4-14(16)13(15)10-12;/h3-4,10-11,17H,2,5-9H2,1H3;1H. The lowest BCUT2D eigenvalue weighted by Gasteiger charge is -2.33. The van der Waals surface area contributed by atoms with Crippen LogP contribution >= 0.6 is 28.3 Å². The predicted octanol–water partition coefficient (Wildman–Crippen LogP) is 3.16. The molecule has 0 aliphatic carbocycles. The number of nitrogens with zero attached hydrogens (tertiary/aromatic N) is 1. The Labute approximate surface area is 146 Å². The molecule has 1 fully saturated rings. The van der Waals surface area contributed by atoms with Gasteiger partial charge in [0.25, 0.3) is 0 Å². The van der Waals surface area contributed by atoms with Crippen molar-refractivity contribution in [2.75, 3.05) is 19.6 Å². The minimum atomic E-state index is -3.59. The van der Waals surface area contributed by atoms with E-state index in [-0.39, 0.29) is 27.8 Å². The summed E-state index contributed by atoms with van der Waals surface area (Å²) in [4.78, 5) is 0.141. The first-order valence-electron chi connectivity index (χ1n) is 7.14. The van der Waals surface area contributed by atoms with Gasteiger partial charge in [0.05, 0.1) is 9.37 Å². The fourth-order valence-corrected chi connectivity index (χ4v) is 4.92. The van der Waals surface area contributed by atoms with Gasteiger partial charge in [-0.25, -0.2) is 12.8 Å². The molecule has 0 unspecified atom stereocenters. The molecule has 1 aliphatic rings. The first-order chi connectivity index (χ1) is 9.96. The molecule has 4 nitrogen and oxygen atoms in total. The first-order valence-corrected chi connectivity index (χ1v) is 9.37. The van der Waals surface area contributed by atoms with Crippen LogP contribution in [0.5, 0.6) is 0 Å². The second-order valence-corrected chi connectivity index (χ2v) is 7.92. The van der Waals surface area contributed by atoms with Crippen molar-refractivity contribution in [3.63, 3.8) is 0 Å². The Morgan fingerprint density at radius 3 is 2.55 bits per heavy atom. The molecule has 1 saturated heterocycles. The molecule has 0 radical (unpaired) electrons. The van der Waals surface area contributed by atoms with E-state index in [0.29, 0.717) is 6.54 Å². The van der Waals surface area contributed by atoms with Crippen LogP contribution in [0.1, 0.15) is 26.2 Å². The molecule has 2 rings (SSSR count). The molecule has 0 atom stereocenters. The van der Waals surface area contributed by atoms with Crippen LogP contribution in [0.25, 0.3) is 0 Å². The third-order valence-electron chi connectivity index (χ3n) is 3.66. The summed E-state index contributed by atoms with van der Waals surface area (Å²) in [5.74, 6) is -0.460. The summed E-state index contributed by atoms with van der Waals surface area (Å²) in [6.07, 6.45) is 2.37. The molecule has 0 saturated carbocycles. The smallest absolute Gasteiger partial charge is 0.243 e. The second-order valence-electron chi connectivity index (χ2n) is 5.17. The molecule has 0 aromatic heterocycles. The van der Waals surface area contributed by atoms with Crippen LogP contribution in [0.3, 0.4) is 0 Å². The van der Waals surface area contributed by atoms with Crippen molar-refractivity contribution in [3.05, 3.63) is 28.5 Å². The van der Waals surface area contributed by atoms with Gasteiger partial charge >= 0.3 is 0 Å². The van der Waals surface area contributed by atoms with Crippen LogP contribution in [-0.2, 0) is 10.0 Å². The van der Waals surface area contributed by atoms with Gasteiger partial charge in [-0.3, -0.25) is 0 Å². The van der Waals surface area contributed by atoms with Crippen molar-refractivity contribution in [3.8, 4) is 0 Å². The number of hydrogen-bond donors (Lipinski definition) is 1. The molecule has 126 valence electrons. The zero-order valence-electron chi connectivity index (χ0n) is 12.4. The normalized spacial score (nSPS) is 16.5. The maximum atomic E-state index is 13.3. The van der Waals surface area contributed by atoms with E-state index in [1.54, 1.807) is 4.31 Å². The summed E-state index contributed by atoms with van der Waals surface area (Å²) >= 11 is 3.05. The van der Waals surface area contributed by atoms with Gasteiger partial charge < -0.3 is 5.32 Å². The summed E-state index contributed by atoms with van der Waals surface area (Å²) in [6.45, 7) is 4.10. The molecule has 1 heterocycles. The summed E-state index contributed by atoms with van der Waals surface area (Å²) in [5.41, 5.74) is 0. The van der Waals surface area contributed by atoms with E-state index < -0.39 is 15.8 Å². The van der Waals surface area contributed by atoms with Gasteiger partial charge in [0.15, 0.2) is 0 Å². The largest absolute Gasteiger partial charge is 0.317 e. The van der Waals surface area contributed by atoms with Gasteiger partial charge in [0, 0.05) is 12.6 Å². The number of sulfonamides is 1. The Balaban J connectivity index is 0.00000242. The maximum absolute atomic E-state index is 13.3. The molecule has 8 heteroatoms. The van der Waals surface area contributed by atoms with E-state index >= 15 is 0 Å². The van der Waals surface area contributed by atoms with E-state index in [1.807, 2.05) is 6.92 Å². The van der Waals surface area contributed by atoms with Crippen LogP contribution < -0.4 is 5.32 Å². The average molecular weight is 416 g/mol. The predicted molar refractivity (Wildman–Crippen MR) is 91.4 cm³/mol. The zero-order chi connectivity index (χ0) is 15.5. The Morgan fingerprint density at radius 2 is 2.00 bits per heavy atom. The van der Waals surface area contributed by atoms with Gasteiger partial charge in [-0.05, 0) is 66.5 Å². The Hall–Kier alpha value is -0.210. The minimum Gasteiger partial charge on any atom is -0.317 e. The van der Waals surface area contributed by atoms with Crippen LogP contribution in [0, 0.1) is 5.82 Å². The lowest BCUT2D eigenvalue weighted by molar-refractivity contribution is 0.262. The Bertz CT molecular complexity index is 595. The second kappa shape index (κ2) is 8.59. The SMILES string of the molecule is CCCN(C1CCNCC1)S(=O)(=O)c1ccc(F)c(Br)c1.Cl. The fourth-order valence-electron chi connectivity index (χ4n) is 2.59. The Morgan fingerprint density at radius 1 is 1.36 bits per heavy atom. The third kappa shape index (κ3) is 4.41. The van der Waals surface area contributed by atoms with Crippen molar-refractivity contribution >= 4 is 38.4 Å². The maximum Gasteiger partial charge on any atom is 0.243 e. The van der Waals surface area contributed by atoms with Gasteiger partial charge in [0.2, 0.25) is 10.0 Å². The van der Waals surface area contributed by atoms with Crippen molar-refractivity contribution in [1.82, 2.24) is 9.62 Å². The highest BCUT2D eigenvalue weighted by molar-refractivity contribution is 9.10. The fraction of sp³-hybridized carbons (Fsp3) is 0.571.